The Morgan fingerprint density at radius 1 is 1.00 bits per heavy atom. The van der Waals surface area contributed by atoms with Crippen LogP contribution in [0.3, 0.4) is 0 Å². The van der Waals surface area contributed by atoms with Crippen molar-refractivity contribution >= 4 is 28.7 Å². The molecule has 0 aliphatic carbocycles. The van der Waals surface area contributed by atoms with Gasteiger partial charge < -0.3 is 10.4 Å². The largest absolute Gasteiger partial charge is 0.505 e. The minimum Gasteiger partial charge on any atom is -0.505 e. The Morgan fingerprint density at radius 2 is 1.62 bits per heavy atom. The molecule has 0 aromatic heterocycles. The summed E-state index contributed by atoms with van der Waals surface area (Å²) in [5, 5.41) is 25.5. The van der Waals surface area contributed by atoms with Crippen LogP contribution < -0.4 is 5.32 Å². The molecule has 140 valence electrons. The highest BCUT2D eigenvalue weighted by atomic mass is 35.5. The Bertz CT molecular complexity index is 849. The van der Waals surface area contributed by atoms with Crippen molar-refractivity contribution in [2.24, 2.45) is 0 Å². The van der Waals surface area contributed by atoms with Gasteiger partial charge >= 0.3 is 0 Å². The first kappa shape index (κ1) is 20.0. The molecule has 0 radical (unpaired) electrons. The number of nitrogens with zero attached hydrogens (tertiary/aromatic N) is 1. The van der Waals surface area contributed by atoms with Crippen molar-refractivity contribution in [3.8, 4) is 5.75 Å². The van der Waals surface area contributed by atoms with Crippen LogP contribution in [0.25, 0.3) is 0 Å². The van der Waals surface area contributed by atoms with Crippen LogP contribution in [0, 0.1) is 10.1 Å². The second-order valence-electron chi connectivity index (χ2n) is 8.46. The van der Waals surface area contributed by atoms with Crippen LogP contribution in [-0.2, 0) is 10.8 Å². The highest BCUT2D eigenvalue weighted by Crippen LogP contribution is 2.42. The SMILES string of the molecule is CC(C)(C)c1cc(Nc2ccc(Cl)cc2[N+](=O)[O-])c(O)c(C(C)(C)C)c1. The number of hydrogen-bond donors (Lipinski definition) is 2. The van der Waals surface area contributed by atoms with E-state index in [4.69, 9.17) is 11.6 Å². The number of benzene rings is 2. The van der Waals surface area contributed by atoms with E-state index in [1.54, 1.807) is 12.1 Å². The maximum absolute atomic E-state index is 11.3. The van der Waals surface area contributed by atoms with Gasteiger partial charge in [-0.2, -0.15) is 0 Å². The van der Waals surface area contributed by atoms with Gasteiger partial charge in [-0.1, -0.05) is 59.2 Å². The van der Waals surface area contributed by atoms with Crippen molar-refractivity contribution < 1.29 is 10.0 Å². The predicted molar refractivity (Wildman–Crippen MR) is 107 cm³/mol. The van der Waals surface area contributed by atoms with Gasteiger partial charge in [-0.25, -0.2) is 0 Å². The maximum Gasteiger partial charge on any atom is 0.294 e. The predicted octanol–water partition coefficient (Wildman–Crippen LogP) is 6.29. The molecule has 0 unspecified atom stereocenters. The second kappa shape index (κ2) is 6.80. The number of nitrogens with one attached hydrogen (secondary N) is 1. The number of nitro benzene ring substituents is 1. The number of nitro groups is 1. The van der Waals surface area contributed by atoms with Gasteiger partial charge in [-0.05, 0) is 34.6 Å². The number of hydrogen-bond acceptors (Lipinski definition) is 4. The van der Waals surface area contributed by atoms with E-state index in [2.05, 4.69) is 26.1 Å². The smallest absolute Gasteiger partial charge is 0.294 e. The van der Waals surface area contributed by atoms with E-state index in [0.717, 1.165) is 11.1 Å². The molecule has 0 amide bonds. The molecule has 0 spiro atoms. The van der Waals surface area contributed by atoms with Crippen molar-refractivity contribution in [1.82, 2.24) is 0 Å². The van der Waals surface area contributed by atoms with E-state index in [9.17, 15) is 15.2 Å². The van der Waals surface area contributed by atoms with Gasteiger partial charge in [0.05, 0.1) is 10.6 Å². The fraction of sp³-hybridized carbons (Fsp3) is 0.400. The molecule has 0 fully saturated rings. The molecule has 0 aliphatic heterocycles. The standard InChI is InChI=1S/C20H25ClN2O3/c1-19(2,3)12-9-14(20(4,5)6)18(24)16(10-12)22-15-8-7-13(21)11-17(15)23(25)26/h7-11,22,24H,1-6H3. The van der Waals surface area contributed by atoms with Gasteiger partial charge in [0.2, 0.25) is 0 Å². The Kier molecular flexibility index (Phi) is 5.24. The number of anilines is 2. The molecule has 0 bridgehead atoms. The summed E-state index contributed by atoms with van der Waals surface area (Å²) in [7, 11) is 0. The van der Waals surface area contributed by atoms with Gasteiger partial charge in [-0.3, -0.25) is 10.1 Å². The lowest BCUT2D eigenvalue weighted by Crippen LogP contribution is -2.17. The monoisotopic (exact) mass is 376 g/mol. The zero-order valence-corrected chi connectivity index (χ0v) is 16.7. The summed E-state index contributed by atoms with van der Waals surface area (Å²) >= 11 is 5.88. The van der Waals surface area contributed by atoms with E-state index < -0.39 is 4.92 Å². The number of halogens is 1. The Morgan fingerprint density at radius 3 is 2.12 bits per heavy atom. The molecule has 0 heterocycles. The average molecular weight is 377 g/mol. The first-order chi connectivity index (χ1) is 11.8. The minimum atomic E-state index is -0.496. The van der Waals surface area contributed by atoms with Gasteiger partial charge in [0.25, 0.3) is 5.69 Å². The first-order valence-corrected chi connectivity index (χ1v) is 8.77. The summed E-state index contributed by atoms with van der Waals surface area (Å²) < 4.78 is 0. The number of phenols is 1. The van der Waals surface area contributed by atoms with Crippen LogP contribution in [0.15, 0.2) is 30.3 Å². The van der Waals surface area contributed by atoms with E-state index >= 15 is 0 Å². The van der Waals surface area contributed by atoms with Crippen molar-refractivity contribution in [2.45, 2.75) is 52.4 Å². The third-order valence-corrected chi connectivity index (χ3v) is 4.44. The summed E-state index contributed by atoms with van der Waals surface area (Å²) in [4.78, 5) is 10.8. The molecule has 2 N–H and O–H groups in total. The summed E-state index contributed by atoms with van der Waals surface area (Å²) in [5.74, 6) is 0.0924. The minimum absolute atomic E-state index is 0.0924. The molecule has 0 saturated heterocycles. The first-order valence-electron chi connectivity index (χ1n) is 8.39. The molecule has 0 aliphatic rings. The van der Waals surface area contributed by atoms with Gasteiger partial charge in [0.15, 0.2) is 0 Å². The Hall–Kier alpha value is -2.27. The van der Waals surface area contributed by atoms with Crippen LogP contribution >= 0.6 is 11.6 Å². The molecule has 0 atom stereocenters. The molecule has 2 rings (SSSR count). The lowest BCUT2D eigenvalue weighted by atomic mass is 9.79. The summed E-state index contributed by atoms with van der Waals surface area (Å²) in [6.45, 7) is 12.3. The lowest BCUT2D eigenvalue weighted by molar-refractivity contribution is -0.383. The van der Waals surface area contributed by atoms with Gasteiger partial charge in [-0.15, -0.1) is 0 Å². The fourth-order valence-corrected chi connectivity index (χ4v) is 2.81. The topological polar surface area (TPSA) is 75.4 Å². The number of aromatic hydroxyl groups is 1. The quantitative estimate of drug-likeness (QED) is 0.375. The van der Waals surface area contributed by atoms with Crippen LogP contribution in [0.5, 0.6) is 5.75 Å². The molecule has 2 aromatic rings. The molecule has 2 aromatic carbocycles. The summed E-state index contributed by atoms with van der Waals surface area (Å²) in [5.41, 5.74) is 1.95. The fourth-order valence-electron chi connectivity index (χ4n) is 2.64. The molecule has 26 heavy (non-hydrogen) atoms. The molecule has 5 nitrogen and oxygen atoms in total. The second-order valence-corrected chi connectivity index (χ2v) is 8.90. The lowest BCUT2D eigenvalue weighted by Gasteiger charge is -2.27. The highest BCUT2D eigenvalue weighted by molar-refractivity contribution is 6.30. The van der Waals surface area contributed by atoms with Gasteiger partial charge in [0, 0.05) is 16.7 Å². The van der Waals surface area contributed by atoms with E-state index in [0.29, 0.717) is 5.69 Å². The zero-order chi connectivity index (χ0) is 19.9. The third-order valence-electron chi connectivity index (χ3n) is 4.21. The third kappa shape index (κ3) is 4.28. The Labute approximate surface area is 159 Å². The maximum atomic E-state index is 11.3. The van der Waals surface area contributed by atoms with Crippen LogP contribution in [0.1, 0.15) is 52.7 Å². The van der Waals surface area contributed by atoms with Crippen LogP contribution in [-0.4, -0.2) is 10.0 Å². The number of rotatable bonds is 3. The van der Waals surface area contributed by atoms with Crippen molar-refractivity contribution in [1.29, 1.82) is 0 Å². The molecule has 0 saturated carbocycles. The van der Waals surface area contributed by atoms with E-state index in [-0.39, 0.29) is 33.0 Å². The summed E-state index contributed by atoms with van der Waals surface area (Å²) in [6.07, 6.45) is 0. The van der Waals surface area contributed by atoms with Crippen LogP contribution in [0.4, 0.5) is 17.1 Å². The van der Waals surface area contributed by atoms with Crippen molar-refractivity contribution in [3.05, 3.63) is 56.6 Å². The van der Waals surface area contributed by atoms with Crippen molar-refractivity contribution in [2.75, 3.05) is 5.32 Å². The zero-order valence-electron chi connectivity index (χ0n) is 16.0. The molecule has 6 heteroatoms. The van der Waals surface area contributed by atoms with E-state index in [1.165, 1.54) is 6.07 Å². The Balaban J connectivity index is 2.65. The van der Waals surface area contributed by atoms with Gasteiger partial charge in [0.1, 0.15) is 11.4 Å². The molecular formula is C20H25ClN2O3. The van der Waals surface area contributed by atoms with Crippen LogP contribution in [0.2, 0.25) is 5.02 Å². The van der Waals surface area contributed by atoms with Crippen molar-refractivity contribution in [3.63, 3.8) is 0 Å². The number of phenolic OH excluding ortho intramolecular Hbond substituents is 1. The normalized spacial score (nSPS) is 12.1. The summed E-state index contributed by atoms with van der Waals surface area (Å²) in [6, 6.07) is 8.24. The average Bonchev–Trinajstić information content (AvgIpc) is 2.48. The molecular weight excluding hydrogens is 352 g/mol. The van der Waals surface area contributed by atoms with E-state index in [1.807, 2.05) is 32.9 Å². The highest BCUT2D eigenvalue weighted by Gasteiger charge is 2.26.